The fourth-order valence-electron chi connectivity index (χ4n) is 3.83. The number of hydrogen-bond acceptors (Lipinski definition) is 4. The van der Waals surface area contributed by atoms with Crippen LogP contribution in [-0.4, -0.2) is 57.8 Å². The van der Waals surface area contributed by atoms with Crippen molar-refractivity contribution in [3.05, 3.63) is 59.4 Å². The van der Waals surface area contributed by atoms with Crippen LogP contribution >= 0.6 is 0 Å². The van der Waals surface area contributed by atoms with Gasteiger partial charge in [0.25, 0.3) is 5.91 Å². The topological polar surface area (TPSA) is 102 Å². The van der Waals surface area contributed by atoms with Crippen LogP contribution < -0.4 is 5.32 Å². The van der Waals surface area contributed by atoms with Crippen LogP contribution in [0.3, 0.4) is 0 Å². The molecule has 2 fully saturated rings. The number of amides is 1. The minimum absolute atomic E-state index is 0.0594. The first-order valence-electron chi connectivity index (χ1n) is 10.0. The maximum Gasteiger partial charge on any atom is 0.317 e. The molecule has 3 N–H and O–H groups in total. The number of aromatic nitrogens is 1. The number of aliphatic carboxylic acids is 1. The normalized spacial score (nSPS) is 20.9. The van der Waals surface area contributed by atoms with Gasteiger partial charge < -0.3 is 15.4 Å². The Hall–Kier alpha value is -2.93. The van der Waals surface area contributed by atoms with Crippen LogP contribution in [-0.2, 0) is 4.79 Å². The van der Waals surface area contributed by atoms with Crippen molar-refractivity contribution in [3.8, 4) is 0 Å². The number of hydrogen-bond donors (Lipinski definition) is 3. The summed E-state index contributed by atoms with van der Waals surface area (Å²) in [5.74, 6) is -0.418. The summed E-state index contributed by atoms with van der Waals surface area (Å²) >= 11 is 0. The van der Waals surface area contributed by atoms with E-state index in [4.69, 9.17) is 5.11 Å². The Balaban J connectivity index is 1.28. The summed E-state index contributed by atoms with van der Waals surface area (Å²) in [6.07, 6.45) is 7.26. The molecule has 2 aromatic rings. The number of nitrogens with one attached hydrogen (secondary N) is 2. The van der Waals surface area contributed by atoms with Crippen LogP contribution in [0.1, 0.15) is 52.0 Å². The number of nitrogens with zero attached hydrogens (tertiary/aromatic N) is 1. The van der Waals surface area contributed by atoms with Gasteiger partial charge in [-0.05, 0) is 49.8 Å². The van der Waals surface area contributed by atoms with E-state index in [1.165, 1.54) is 12.8 Å². The Labute approximate surface area is 169 Å². The second kappa shape index (κ2) is 8.21. The number of benzene rings is 1. The number of carbonyl (C=O) groups is 3. The highest BCUT2D eigenvalue weighted by atomic mass is 16.4. The molecular weight excluding hydrogens is 370 g/mol. The lowest BCUT2D eigenvalue weighted by molar-refractivity contribution is -0.139. The summed E-state index contributed by atoms with van der Waals surface area (Å²) in [6, 6.07) is 8.65. The maximum absolute atomic E-state index is 12.5. The van der Waals surface area contributed by atoms with Gasteiger partial charge in [-0.25, -0.2) is 0 Å². The Kier molecular flexibility index (Phi) is 5.49. The van der Waals surface area contributed by atoms with Gasteiger partial charge in [0.15, 0.2) is 5.78 Å². The van der Waals surface area contributed by atoms with Crippen molar-refractivity contribution in [2.45, 2.75) is 37.8 Å². The van der Waals surface area contributed by atoms with Crippen molar-refractivity contribution in [2.75, 3.05) is 13.1 Å². The number of H-pyrrole nitrogens is 1. The van der Waals surface area contributed by atoms with Crippen molar-refractivity contribution < 1.29 is 19.5 Å². The van der Waals surface area contributed by atoms with Crippen LogP contribution in [0.15, 0.2) is 42.7 Å². The molecule has 0 spiro atoms. The molecule has 2 aliphatic rings. The highest BCUT2D eigenvalue weighted by Gasteiger charge is 2.37. The van der Waals surface area contributed by atoms with Crippen LogP contribution in [0.2, 0.25) is 0 Å². The third kappa shape index (κ3) is 4.74. The lowest BCUT2D eigenvalue weighted by Gasteiger charge is -2.42. The van der Waals surface area contributed by atoms with Gasteiger partial charge in [0.1, 0.15) is 0 Å². The molecule has 2 saturated carbocycles. The molecule has 0 bridgehead atoms. The van der Waals surface area contributed by atoms with Crippen LogP contribution in [0, 0.1) is 5.92 Å². The first kappa shape index (κ1) is 19.4. The molecule has 4 rings (SSSR count). The van der Waals surface area contributed by atoms with E-state index in [1.54, 1.807) is 42.7 Å². The molecule has 1 heterocycles. The predicted molar refractivity (Wildman–Crippen MR) is 107 cm³/mol. The number of rotatable bonds is 9. The third-order valence-electron chi connectivity index (χ3n) is 5.76. The molecule has 7 nitrogen and oxygen atoms in total. The fourth-order valence-corrected chi connectivity index (χ4v) is 3.83. The standard InChI is InChI=1S/C22H25N3O4/c26-20(27)13-25(12-14-1-2-14)19-9-18(10-19)24-22(29)16-5-3-15(4-6-16)21(28)17-7-8-23-11-17/h3-8,11,14,18-19,23H,1-2,9-10,12-13H2,(H,24,29)(H,26,27). The van der Waals surface area contributed by atoms with Crippen LogP contribution in [0.5, 0.6) is 0 Å². The second-order valence-electron chi connectivity index (χ2n) is 8.07. The van der Waals surface area contributed by atoms with Crippen molar-refractivity contribution >= 4 is 17.7 Å². The minimum Gasteiger partial charge on any atom is -0.480 e. The highest BCUT2D eigenvalue weighted by Crippen LogP contribution is 2.33. The molecule has 29 heavy (non-hydrogen) atoms. The molecular formula is C22H25N3O4. The number of carboxylic acids is 1. The highest BCUT2D eigenvalue weighted by molar-refractivity contribution is 6.09. The zero-order valence-corrected chi connectivity index (χ0v) is 16.1. The van der Waals surface area contributed by atoms with E-state index in [0.717, 1.165) is 19.4 Å². The molecule has 7 heteroatoms. The number of carbonyl (C=O) groups excluding carboxylic acids is 2. The van der Waals surface area contributed by atoms with Crippen molar-refractivity contribution in [2.24, 2.45) is 5.92 Å². The van der Waals surface area contributed by atoms with Gasteiger partial charge in [0, 0.05) is 47.7 Å². The molecule has 2 aliphatic carbocycles. The van der Waals surface area contributed by atoms with E-state index in [9.17, 15) is 14.4 Å². The monoisotopic (exact) mass is 395 g/mol. The van der Waals surface area contributed by atoms with Gasteiger partial charge in [-0.2, -0.15) is 0 Å². The fraction of sp³-hybridized carbons (Fsp3) is 0.409. The molecule has 1 amide bonds. The Morgan fingerprint density at radius 3 is 2.31 bits per heavy atom. The van der Waals surface area contributed by atoms with Crippen LogP contribution in [0.4, 0.5) is 0 Å². The summed E-state index contributed by atoms with van der Waals surface area (Å²) in [6.45, 7) is 0.909. The maximum atomic E-state index is 12.5. The quantitative estimate of drug-likeness (QED) is 0.566. The molecule has 0 aliphatic heterocycles. The third-order valence-corrected chi connectivity index (χ3v) is 5.76. The SMILES string of the molecule is O=C(O)CN(CC1CC1)C1CC(NC(=O)c2ccc(C(=O)c3cc[nH]c3)cc2)C1. The van der Waals surface area contributed by atoms with Crippen molar-refractivity contribution in [1.29, 1.82) is 0 Å². The number of aromatic amines is 1. The Bertz CT molecular complexity index is 881. The van der Waals surface area contributed by atoms with Gasteiger partial charge in [-0.15, -0.1) is 0 Å². The van der Waals surface area contributed by atoms with E-state index in [1.807, 2.05) is 4.90 Å². The Morgan fingerprint density at radius 2 is 1.72 bits per heavy atom. The van der Waals surface area contributed by atoms with E-state index < -0.39 is 5.97 Å². The van der Waals surface area contributed by atoms with Gasteiger partial charge in [-0.3, -0.25) is 19.3 Å². The average Bonchev–Trinajstić information content (AvgIpc) is 3.31. The van der Waals surface area contributed by atoms with Gasteiger partial charge >= 0.3 is 5.97 Å². The average molecular weight is 395 g/mol. The van der Waals surface area contributed by atoms with Crippen molar-refractivity contribution in [3.63, 3.8) is 0 Å². The zero-order chi connectivity index (χ0) is 20.4. The van der Waals surface area contributed by atoms with E-state index in [0.29, 0.717) is 22.6 Å². The molecule has 0 unspecified atom stereocenters. The first-order chi connectivity index (χ1) is 14.0. The minimum atomic E-state index is -0.799. The second-order valence-corrected chi connectivity index (χ2v) is 8.07. The molecule has 152 valence electrons. The van der Waals surface area contributed by atoms with E-state index in [-0.39, 0.29) is 30.3 Å². The number of ketones is 1. The zero-order valence-electron chi connectivity index (χ0n) is 16.1. The number of carboxylic acid groups (broad SMARTS) is 1. The van der Waals surface area contributed by atoms with Crippen molar-refractivity contribution in [1.82, 2.24) is 15.2 Å². The summed E-state index contributed by atoms with van der Waals surface area (Å²) < 4.78 is 0. The molecule has 0 radical (unpaired) electrons. The molecule has 0 atom stereocenters. The summed E-state index contributed by atoms with van der Waals surface area (Å²) in [5, 5.41) is 12.1. The van der Waals surface area contributed by atoms with Gasteiger partial charge in [-0.1, -0.05) is 12.1 Å². The van der Waals surface area contributed by atoms with E-state index in [2.05, 4.69) is 10.3 Å². The largest absolute Gasteiger partial charge is 0.480 e. The first-order valence-corrected chi connectivity index (χ1v) is 10.0. The Morgan fingerprint density at radius 1 is 1.03 bits per heavy atom. The van der Waals surface area contributed by atoms with Gasteiger partial charge in [0.05, 0.1) is 6.54 Å². The van der Waals surface area contributed by atoms with Gasteiger partial charge in [0.2, 0.25) is 0 Å². The lowest BCUT2D eigenvalue weighted by Crippen LogP contribution is -2.55. The van der Waals surface area contributed by atoms with E-state index >= 15 is 0 Å². The molecule has 1 aromatic heterocycles. The summed E-state index contributed by atoms with van der Waals surface area (Å²) in [4.78, 5) is 40.8. The predicted octanol–water partition coefficient (Wildman–Crippen LogP) is 2.30. The smallest absolute Gasteiger partial charge is 0.317 e. The van der Waals surface area contributed by atoms with Crippen LogP contribution in [0.25, 0.3) is 0 Å². The molecule has 0 saturated heterocycles. The lowest BCUT2D eigenvalue weighted by atomic mass is 9.85. The summed E-state index contributed by atoms with van der Waals surface area (Å²) in [5.41, 5.74) is 1.63. The summed E-state index contributed by atoms with van der Waals surface area (Å²) in [7, 11) is 0. The molecule has 1 aromatic carbocycles.